The third-order valence-electron chi connectivity index (χ3n) is 4.37. The summed E-state index contributed by atoms with van der Waals surface area (Å²) >= 11 is 7.65. The molecule has 88 valence electrons. The van der Waals surface area contributed by atoms with Crippen molar-refractivity contribution in [2.45, 2.75) is 24.7 Å². The highest BCUT2D eigenvalue weighted by Gasteiger charge is 2.60. The average Bonchev–Trinajstić information content (AvgIpc) is 2.55. The van der Waals surface area contributed by atoms with Gasteiger partial charge in [0.15, 0.2) is 0 Å². The van der Waals surface area contributed by atoms with Crippen molar-refractivity contribution in [3.63, 3.8) is 0 Å². The quantitative estimate of drug-likeness (QED) is 0.904. The lowest BCUT2D eigenvalue weighted by atomic mass is 9.52. The van der Waals surface area contributed by atoms with Crippen molar-refractivity contribution in [1.82, 2.24) is 0 Å². The zero-order valence-corrected chi connectivity index (χ0v) is 10.6. The standard InChI is InChI=1S/C12H15ClO2S/c13-10-3-2-9(16-10)12(7-15-8-12)11(6-14)4-1-5-11/h2-3,14H,1,4-8H2. The van der Waals surface area contributed by atoms with Crippen LogP contribution in [0.5, 0.6) is 0 Å². The van der Waals surface area contributed by atoms with Crippen LogP contribution in [-0.4, -0.2) is 24.9 Å². The average molecular weight is 259 g/mol. The van der Waals surface area contributed by atoms with E-state index in [4.69, 9.17) is 16.3 Å². The molecule has 2 heterocycles. The number of halogens is 1. The Balaban J connectivity index is 1.99. The molecule has 1 saturated heterocycles. The van der Waals surface area contributed by atoms with Gasteiger partial charge in [0.25, 0.3) is 0 Å². The monoisotopic (exact) mass is 258 g/mol. The predicted molar refractivity (Wildman–Crippen MR) is 65.2 cm³/mol. The number of hydrogen-bond acceptors (Lipinski definition) is 3. The summed E-state index contributed by atoms with van der Waals surface area (Å²) in [6.45, 7) is 1.75. The van der Waals surface area contributed by atoms with E-state index in [0.717, 1.165) is 30.4 Å². The molecule has 0 amide bonds. The molecule has 1 aromatic rings. The summed E-state index contributed by atoms with van der Waals surface area (Å²) in [5.74, 6) is 0. The Morgan fingerprint density at radius 3 is 2.44 bits per heavy atom. The second-order valence-electron chi connectivity index (χ2n) is 4.97. The third kappa shape index (κ3) is 1.26. The maximum atomic E-state index is 9.72. The molecule has 1 aliphatic heterocycles. The van der Waals surface area contributed by atoms with E-state index < -0.39 is 0 Å². The van der Waals surface area contributed by atoms with Crippen molar-refractivity contribution < 1.29 is 9.84 Å². The molecule has 16 heavy (non-hydrogen) atoms. The van der Waals surface area contributed by atoms with Gasteiger partial charge < -0.3 is 9.84 Å². The van der Waals surface area contributed by atoms with Gasteiger partial charge in [-0.2, -0.15) is 0 Å². The molecule has 4 heteroatoms. The van der Waals surface area contributed by atoms with Crippen LogP contribution in [0.15, 0.2) is 12.1 Å². The molecule has 1 N–H and O–H groups in total. The molecule has 1 aliphatic carbocycles. The summed E-state index contributed by atoms with van der Waals surface area (Å²) in [4.78, 5) is 1.29. The highest BCUT2D eigenvalue weighted by molar-refractivity contribution is 7.16. The SMILES string of the molecule is OCC1(C2(c3ccc(Cl)s3)COC2)CCC1. The normalized spacial score (nSPS) is 25.9. The van der Waals surface area contributed by atoms with E-state index in [2.05, 4.69) is 6.07 Å². The first kappa shape index (κ1) is 11.0. The molecule has 0 bridgehead atoms. The van der Waals surface area contributed by atoms with Gasteiger partial charge in [0.1, 0.15) is 0 Å². The lowest BCUT2D eigenvalue weighted by Crippen LogP contribution is -2.62. The van der Waals surface area contributed by atoms with Crippen molar-refractivity contribution >= 4 is 22.9 Å². The van der Waals surface area contributed by atoms with Gasteiger partial charge >= 0.3 is 0 Å². The first-order valence-electron chi connectivity index (χ1n) is 5.67. The third-order valence-corrected chi connectivity index (χ3v) is 5.81. The summed E-state index contributed by atoms with van der Waals surface area (Å²) in [6, 6.07) is 4.05. The van der Waals surface area contributed by atoms with Crippen molar-refractivity contribution in [3.8, 4) is 0 Å². The maximum absolute atomic E-state index is 9.72. The maximum Gasteiger partial charge on any atom is 0.0931 e. The number of rotatable bonds is 3. The molecule has 0 radical (unpaired) electrons. The number of hydrogen-bond donors (Lipinski definition) is 1. The van der Waals surface area contributed by atoms with E-state index in [1.807, 2.05) is 6.07 Å². The highest BCUT2D eigenvalue weighted by atomic mass is 35.5. The van der Waals surface area contributed by atoms with Gasteiger partial charge in [-0.1, -0.05) is 18.0 Å². The van der Waals surface area contributed by atoms with Crippen LogP contribution >= 0.6 is 22.9 Å². The Labute approximate surface area is 104 Å². The van der Waals surface area contributed by atoms with Gasteiger partial charge in [-0.25, -0.2) is 0 Å². The zero-order valence-electron chi connectivity index (χ0n) is 9.04. The second-order valence-corrected chi connectivity index (χ2v) is 6.69. The van der Waals surface area contributed by atoms with E-state index >= 15 is 0 Å². The molecular formula is C12H15ClO2S. The molecule has 1 saturated carbocycles. The molecular weight excluding hydrogens is 244 g/mol. The first-order valence-corrected chi connectivity index (χ1v) is 6.86. The van der Waals surface area contributed by atoms with Crippen LogP contribution in [-0.2, 0) is 10.2 Å². The molecule has 2 nitrogen and oxygen atoms in total. The fraction of sp³-hybridized carbons (Fsp3) is 0.667. The largest absolute Gasteiger partial charge is 0.396 e. The van der Waals surface area contributed by atoms with E-state index in [1.165, 1.54) is 11.3 Å². The lowest BCUT2D eigenvalue weighted by Gasteiger charge is -2.59. The predicted octanol–water partition coefficient (Wildman–Crippen LogP) is 2.83. The molecule has 3 rings (SSSR count). The van der Waals surface area contributed by atoms with E-state index in [9.17, 15) is 5.11 Å². The summed E-state index contributed by atoms with van der Waals surface area (Å²) in [6.07, 6.45) is 3.45. The minimum absolute atomic E-state index is 0.0395. The van der Waals surface area contributed by atoms with Gasteiger partial charge in [0, 0.05) is 16.9 Å². The zero-order chi connectivity index (χ0) is 11.2. The fourth-order valence-corrected chi connectivity index (χ4v) is 4.30. The Morgan fingerprint density at radius 2 is 2.12 bits per heavy atom. The Kier molecular flexibility index (Phi) is 2.55. The summed E-state index contributed by atoms with van der Waals surface area (Å²) in [5.41, 5.74) is 0.0945. The van der Waals surface area contributed by atoms with Crippen LogP contribution in [0, 0.1) is 5.41 Å². The van der Waals surface area contributed by atoms with Crippen LogP contribution < -0.4 is 0 Å². The lowest BCUT2D eigenvalue weighted by molar-refractivity contribution is -0.171. The van der Waals surface area contributed by atoms with E-state index in [-0.39, 0.29) is 17.4 Å². The number of aliphatic hydroxyl groups excluding tert-OH is 1. The van der Waals surface area contributed by atoms with Gasteiger partial charge in [-0.3, -0.25) is 0 Å². The van der Waals surface area contributed by atoms with Crippen LogP contribution in [0.3, 0.4) is 0 Å². The van der Waals surface area contributed by atoms with E-state index in [0.29, 0.717) is 0 Å². The summed E-state index contributed by atoms with van der Waals surface area (Å²) in [7, 11) is 0. The summed E-state index contributed by atoms with van der Waals surface area (Å²) < 4.78 is 6.27. The minimum Gasteiger partial charge on any atom is -0.396 e. The van der Waals surface area contributed by atoms with Crippen LogP contribution in [0.2, 0.25) is 4.34 Å². The number of aliphatic hydroxyl groups is 1. The first-order chi connectivity index (χ1) is 7.72. The van der Waals surface area contributed by atoms with Gasteiger partial charge in [-0.15, -0.1) is 11.3 Å². The Bertz CT molecular complexity index is 388. The molecule has 0 atom stereocenters. The number of thiophene rings is 1. The van der Waals surface area contributed by atoms with Crippen LogP contribution in [0.25, 0.3) is 0 Å². The van der Waals surface area contributed by atoms with Crippen molar-refractivity contribution in [2.75, 3.05) is 19.8 Å². The van der Waals surface area contributed by atoms with Crippen molar-refractivity contribution in [1.29, 1.82) is 0 Å². The highest BCUT2D eigenvalue weighted by Crippen LogP contribution is 2.59. The van der Waals surface area contributed by atoms with Crippen LogP contribution in [0.4, 0.5) is 0 Å². The van der Waals surface area contributed by atoms with Gasteiger partial charge in [-0.05, 0) is 25.0 Å². The van der Waals surface area contributed by atoms with E-state index in [1.54, 1.807) is 11.3 Å². The molecule has 2 fully saturated rings. The fourth-order valence-electron chi connectivity index (χ4n) is 2.98. The molecule has 0 spiro atoms. The smallest absolute Gasteiger partial charge is 0.0931 e. The van der Waals surface area contributed by atoms with Crippen LogP contribution in [0.1, 0.15) is 24.1 Å². The van der Waals surface area contributed by atoms with Gasteiger partial charge in [0.05, 0.1) is 23.0 Å². The van der Waals surface area contributed by atoms with Crippen molar-refractivity contribution in [3.05, 3.63) is 21.3 Å². The molecule has 0 unspecified atom stereocenters. The molecule has 2 aliphatic rings. The number of ether oxygens (including phenoxy) is 1. The molecule has 1 aromatic heterocycles. The Hall–Kier alpha value is -0.0900. The molecule has 0 aromatic carbocycles. The summed E-state index contributed by atoms with van der Waals surface area (Å²) in [5, 5.41) is 9.72. The minimum atomic E-state index is 0.0395. The topological polar surface area (TPSA) is 29.5 Å². The van der Waals surface area contributed by atoms with Gasteiger partial charge in [0.2, 0.25) is 0 Å². The van der Waals surface area contributed by atoms with Crippen molar-refractivity contribution in [2.24, 2.45) is 5.41 Å². The second kappa shape index (κ2) is 3.70. The Morgan fingerprint density at radius 1 is 1.38 bits per heavy atom.